The Labute approximate surface area is 99.7 Å². The summed E-state index contributed by atoms with van der Waals surface area (Å²) in [6.07, 6.45) is 4.27. The number of hydrogen-bond acceptors (Lipinski definition) is 2. The molecule has 0 heterocycles. The van der Waals surface area contributed by atoms with E-state index in [-0.39, 0.29) is 0 Å². The molecule has 0 atom stereocenters. The Morgan fingerprint density at radius 2 is 1.69 bits per heavy atom. The van der Waals surface area contributed by atoms with Gasteiger partial charge in [-0.15, -0.1) is 0 Å². The van der Waals surface area contributed by atoms with Gasteiger partial charge in [-0.3, -0.25) is 0 Å². The molecule has 0 unspecified atom stereocenters. The van der Waals surface area contributed by atoms with Gasteiger partial charge in [0.15, 0.2) is 0 Å². The number of allylic oxidation sites excluding steroid dienone is 1. The van der Waals surface area contributed by atoms with Crippen LogP contribution in [0.1, 0.15) is 19.4 Å². The molecule has 0 saturated heterocycles. The van der Waals surface area contributed by atoms with Gasteiger partial charge in [-0.1, -0.05) is 42.5 Å². The molecular formula is C13H20O2Si. The molecule has 0 aliphatic rings. The highest BCUT2D eigenvalue weighted by Crippen LogP contribution is 2.05. The zero-order valence-electron chi connectivity index (χ0n) is 10.1. The van der Waals surface area contributed by atoms with E-state index in [0.717, 1.165) is 19.3 Å². The van der Waals surface area contributed by atoms with Crippen molar-refractivity contribution in [2.45, 2.75) is 19.9 Å². The summed E-state index contributed by atoms with van der Waals surface area (Å²) in [7, 11) is -1.46. The van der Waals surface area contributed by atoms with Crippen LogP contribution in [0.5, 0.6) is 0 Å². The first-order valence-electron chi connectivity index (χ1n) is 5.81. The molecule has 3 heteroatoms. The van der Waals surface area contributed by atoms with Crippen molar-refractivity contribution in [1.29, 1.82) is 0 Å². The van der Waals surface area contributed by atoms with Crippen LogP contribution in [-0.4, -0.2) is 22.5 Å². The SMILES string of the molecule is CCO[SiH](C/C=C/c1ccccc1)OCC. The molecule has 16 heavy (non-hydrogen) atoms. The summed E-state index contributed by atoms with van der Waals surface area (Å²) < 4.78 is 11.2. The average Bonchev–Trinajstić information content (AvgIpc) is 2.31. The molecule has 0 bridgehead atoms. The van der Waals surface area contributed by atoms with Gasteiger partial charge >= 0.3 is 9.28 Å². The predicted octanol–water partition coefficient (Wildman–Crippen LogP) is 2.99. The van der Waals surface area contributed by atoms with E-state index in [9.17, 15) is 0 Å². The monoisotopic (exact) mass is 236 g/mol. The van der Waals surface area contributed by atoms with E-state index in [1.165, 1.54) is 5.56 Å². The van der Waals surface area contributed by atoms with E-state index in [1.54, 1.807) is 0 Å². The first kappa shape index (κ1) is 13.2. The average molecular weight is 236 g/mol. The second kappa shape index (κ2) is 8.27. The molecule has 0 fully saturated rings. The minimum Gasteiger partial charge on any atom is -0.397 e. The molecule has 0 spiro atoms. The molecule has 0 amide bonds. The Balaban J connectivity index is 2.39. The topological polar surface area (TPSA) is 18.5 Å². The van der Waals surface area contributed by atoms with Crippen LogP contribution in [0.15, 0.2) is 36.4 Å². The Morgan fingerprint density at radius 3 is 2.25 bits per heavy atom. The minimum atomic E-state index is -1.46. The standard InChI is InChI=1S/C13H20O2Si/c1-3-14-16(15-4-2)12-8-11-13-9-6-5-7-10-13/h5-11,16H,3-4,12H2,1-2H3/b11-8+. The van der Waals surface area contributed by atoms with Crippen molar-refractivity contribution in [3.8, 4) is 0 Å². The van der Waals surface area contributed by atoms with Crippen molar-refractivity contribution in [3.63, 3.8) is 0 Å². The fraction of sp³-hybridized carbons (Fsp3) is 0.385. The second-order valence-corrected chi connectivity index (χ2v) is 5.39. The van der Waals surface area contributed by atoms with Crippen LogP contribution in [-0.2, 0) is 8.85 Å². The molecule has 1 aromatic carbocycles. The Bertz CT molecular complexity index is 292. The fourth-order valence-electron chi connectivity index (χ4n) is 1.44. The van der Waals surface area contributed by atoms with Crippen molar-refractivity contribution in [2.24, 2.45) is 0 Å². The van der Waals surface area contributed by atoms with Crippen LogP contribution < -0.4 is 0 Å². The van der Waals surface area contributed by atoms with Gasteiger partial charge in [0.05, 0.1) is 0 Å². The maximum Gasteiger partial charge on any atom is 0.325 e. The van der Waals surface area contributed by atoms with Crippen LogP contribution in [0.4, 0.5) is 0 Å². The van der Waals surface area contributed by atoms with Gasteiger partial charge in [-0.05, 0) is 19.4 Å². The van der Waals surface area contributed by atoms with Gasteiger partial charge in [0.2, 0.25) is 0 Å². The van der Waals surface area contributed by atoms with Crippen LogP contribution in [0.25, 0.3) is 6.08 Å². The summed E-state index contributed by atoms with van der Waals surface area (Å²) in [5.74, 6) is 0. The third kappa shape index (κ3) is 5.26. The van der Waals surface area contributed by atoms with Crippen LogP contribution >= 0.6 is 0 Å². The molecule has 0 N–H and O–H groups in total. The Hall–Kier alpha value is -0.903. The zero-order chi connectivity index (χ0) is 11.6. The summed E-state index contributed by atoms with van der Waals surface area (Å²) in [4.78, 5) is 0. The van der Waals surface area contributed by atoms with Crippen molar-refractivity contribution >= 4 is 15.4 Å². The number of benzene rings is 1. The van der Waals surface area contributed by atoms with E-state index >= 15 is 0 Å². The highest BCUT2D eigenvalue weighted by molar-refractivity contribution is 6.45. The maximum absolute atomic E-state index is 5.59. The van der Waals surface area contributed by atoms with Gasteiger partial charge in [-0.2, -0.15) is 0 Å². The summed E-state index contributed by atoms with van der Waals surface area (Å²) in [5.41, 5.74) is 1.23. The summed E-state index contributed by atoms with van der Waals surface area (Å²) in [6.45, 7) is 5.52. The third-order valence-corrected chi connectivity index (χ3v) is 4.21. The lowest BCUT2D eigenvalue weighted by atomic mass is 10.2. The molecule has 1 aromatic rings. The van der Waals surface area contributed by atoms with Gasteiger partial charge in [0.25, 0.3) is 0 Å². The highest BCUT2D eigenvalue weighted by atomic mass is 28.3. The van der Waals surface area contributed by atoms with Crippen LogP contribution in [0.2, 0.25) is 6.04 Å². The lowest BCUT2D eigenvalue weighted by Crippen LogP contribution is -2.21. The van der Waals surface area contributed by atoms with E-state index in [4.69, 9.17) is 8.85 Å². The minimum absolute atomic E-state index is 0.746. The van der Waals surface area contributed by atoms with Gasteiger partial charge in [-0.25, -0.2) is 0 Å². The lowest BCUT2D eigenvalue weighted by molar-refractivity contribution is 0.216. The van der Waals surface area contributed by atoms with Crippen LogP contribution in [0, 0.1) is 0 Å². The molecule has 0 aliphatic carbocycles. The van der Waals surface area contributed by atoms with E-state index in [1.807, 2.05) is 32.0 Å². The van der Waals surface area contributed by atoms with Crippen molar-refractivity contribution in [3.05, 3.63) is 42.0 Å². The first-order valence-corrected chi connectivity index (χ1v) is 7.57. The van der Waals surface area contributed by atoms with Crippen molar-refractivity contribution in [1.82, 2.24) is 0 Å². The summed E-state index contributed by atoms with van der Waals surface area (Å²) in [5, 5.41) is 0. The number of hydrogen-bond donors (Lipinski definition) is 0. The van der Waals surface area contributed by atoms with E-state index in [2.05, 4.69) is 24.3 Å². The number of rotatable bonds is 7. The highest BCUT2D eigenvalue weighted by Gasteiger charge is 2.08. The fourth-order valence-corrected chi connectivity index (χ4v) is 2.91. The smallest absolute Gasteiger partial charge is 0.325 e. The molecule has 0 saturated carbocycles. The largest absolute Gasteiger partial charge is 0.397 e. The van der Waals surface area contributed by atoms with E-state index < -0.39 is 9.28 Å². The third-order valence-electron chi connectivity index (χ3n) is 2.14. The maximum atomic E-state index is 5.59. The summed E-state index contributed by atoms with van der Waals surface area (Å²) >= 11 is 0. The van der Waals surface area contributed by atoms with Crippen molar-refractivity contribution in [2.75, 3.05) is 13.2 Å². The second-order valence-electron chi connectivity index (χ2n) is 3.39. The Kier molecular flexibility index (Phi) is 6.81. The first-order chi connectivity index (χ1) is 7.86. The molecule has 0 aliphatic heterocycles. The van der Waals surface area contributed by atoms with Gasteiger partial charge in [0, 0.05) is 19.3 Å². The molecular weight excluding hydrogens is 216 g/mol. The zero-order valence-corrected chi connectivity index (χ0v) is 11.2. The van der Waals surface area contributed by atoms with Crippen molar-refractivity contribution < 1.29 is 8.85 Å². The molecule has 1 rings (SSSR count). The van der Waals surface area contributed by atoms with Gasteiger partial charge in [0.1, 0.15) is 0 Å². The van der Waals surface area contributed by atoms with E-state index in [0.29, 0.717) is 0 Å². The predicted molar refractivity (Wildman–Crippen MR) is 70.7 cm³/mol. The lowest BCUT2D eigenvalue weighted by Gasteiger charge is -2.12. The molecule has 0 radical (unpaired) electrons. The normalized spacial score (nSPS) is 11.4. The Morgan fingerprint density at radius 1 is 1.06 bits per heavy atom. The molecule has 88 valence electrons. The van der Waals surface area contributed by atoms with Crippen LogP contribution in [0.3, 0.4) is 0 Å². The molecule has 0 aromatic heterocycles. The summed E-state index contributed by atoms with van der Waals surface area (Å²) in [6, 6.07) is 11.2. The quantitative estimate of drug-likeness (QED) is 0.678. The van der Waals surface area contributed by atoms with Gasteiger partial charge < -0.3 is 8.85 Å². The molecule has 2 nitrogen and oxygen atoms in total.